The summed E-state index contributed by atoms with van der Waals surface area (Å²) in [7, 11) is 0. The Labute approximate surface area is 115 Å². The first-order valence-corrected chi connectivity index (χ1v) is 7.34. The predicted octanol–water partition coefficient (Wildman–Crippen LogP) is 2.90. The molecule has 0 spiro atoms. The molecule has 0 aromatic heterocycles. The lowest BCUT2D eigenvalue weighted by atomic mass is 9.99. The van der Waals surface area contributed by atoms with Crippen LogP contribution in [-0.2, 0) is 13.0 Å². The fourth-order valence-electron chi connectivity index (χ4n) is 3.22. The van der Waals surface area contributed by atoms with Gasteiger partial charge in [-0.05, 0) is 36.3 Å². The van der Waals surface area contributed by atoms with Gasteiger partial charge in [-0.1, -0.05) is 31.2 Å². The third-order valence-electron chi connectivity index (χ3n) is 4.33. The lowest BCUT2D eigenvalue weighted by molar-refractivity contribution is 0.127. The van der Waals surface area contributed by atoms with Gasteiger partial charge >= 0.3 is 6.03 Å². The number of urea groups is 1. The standard InChI is InChI=1S/C16H22N2O/c1-13-5-4-9-17(11-13)16(19)18-10-8-14-6-2-3-7-15(14)12-18/h2-3,6-7,13H,4-5,8-12H2,1H3. The zero-order chi connectivity index (χ0) is 13.2. The molecular formula is C16H22N2O. The van der Waals surface area contributed by atoms with Gasteiger partial charge in [0.2, 0.25) is 0 Å². The molecule has 0 aliphatic carbocycles. The molecule has 3 nitrogen and oxygen atoms in total. The van der Waals surface area contributed by atoms with Crippen molar-refractivity contribution >= 4 is 6.03 Å². The second-order valence-electron chi connectivity index (χ2n) is 5.92. The number of nitrogens with zero attached hydrogens (tertiary/aromatic N) is 2. The van der Waals surface area contributed by atoms with Gasteiger partial charge in [0.05, 0.1) is 0 Å². The van der Waals surface area contributed by atoms with E-state index in [-0.39, 0.29) is 6.03 Å². The summed E-state index contributed by atoms with van der Waals surface area (Å²) in [6.07, 6.45) is 3.40. The maximum atomic E-state index is 12.6. The summed E-state index contributed by atoms with van der Waals surface area (Å²) >= 11 is 0. The third kappa shape index (κ3) is 2.60. The molecule has 0 bridgehead atoms. The summed E-state index contributed by atoms with van der Waals surface area (Å²) in [6.45, 7) is 5.74. The Morgan fingerprint density at radius 1 is 1.16 bits per heavy atom. The van der Waals surface area contributed by atoms with Crippen LogP contribution in [0.1, 0.15) is 30.9 Å². The molecule has 19 heavy (non-hydrogen) atoms. The van der Waals surface area contributed by atoms with Crippen molar-refractivity contribution in [1.82, 2.24) is 9.80 Å². The van der Waals surface area contributed by atoms with E-state index in [4.69, 9.17) is 0 Å². The van der Waals surface area contributed by atoms with Crippen molar-refractivity contribution in [2.24, 2.45) is 5.92 Å². The summed E-state index contributed by atoms with van der Waals surface area (Å²) in [5.74, 6) is 0.648. The fourth-order valence-corrected chi connectivity index (χ4v) is 3.22. The van der Waals surface area contributed by atoms with Crippen LogP contribution >= 0.6 is 0 Å². The Kier molecular flexibility index (Phi) is 3.45. The number of piperidine rings is 1. The minimum absolute atomic E-state index is 0.237. The summed E-state index contributed by atoms with van der Waals surface area (Å²) < 4.78 is 0. The van der Waals surface area contributed by atoms with Crippen LogP contribution in [0.4, 0.5) is 4.79 Å². The van der Waals surface area contributed by atoms with Crippen LogP contribution in [0.5, 0.6) is 0 Å². The SMILES string of the molecule is CC1CCCN(C(=O)N2CCc3ccccc3C2)C1. The van der Waals surface area contributed by atoms with Gasteiger partial charge in [-0.15, -0.1) is 0 Å². The Morgan fingerprint density at radius 2 is 1.95 bits per heavy atom. The molecule has 3 rings (SSSR count). The van der Waals surface area contributed by atoms with E-state index in [1.54, 1.807) is 0 Å². The van der Waals surface area contributed by atoms with Crippen LogP contribution in [0, 0.1) is 5.92 Å². The van der Waals surface area contributed by atoms with E-state index in [0.29, 0.717) is 5.92 Å². The van der Waals surface area contributed by atoms with Crippen molar-refractivity contribution in [3.8, 4) is 0 Å². The van der Waals surface area contributed by atoms with E-state index in [0.717, 1.165) is 39.0 Å². The number of carbonyl (C=O) groups is 1. The first-order chi connectivity index (χ1) is 9.24. The molecule has 0 radical (unpaired) electrons. The fraction of sp³-hybridized carbons (Fsp3) is 0.562. The summed E-state index contributed by atoms with van der Waals surface area (Å²) in [6, 6.07) is 8.72. The van der Waals surface area contributed by atoms with Gasteiger partial charge in [-0.25, -0.2) is 4.79 Å². The predicted molar refractivity (Wildman–Crippen MR) is 75.9 cm³/mol. The second-order valence-corrected chi connectivity index (χ2v) is 5.92. The highest BCUT2D eigenvalue weighted by molar-refractivity contribution is 5.75. The quantitative estimate of drug-likeness (QED) is 0.702. The van der Waals surface area contributed by atoms with Gasteiger partial charge in [0, 0.05) is 26.2 Å². The van der Waals surface area contributed by atoms with Gasteiger partial charge in [-0.2, -0.15) is 0 Å². The number of benzene rings is 1. The zero-order valence-electron chi connectivity index (χ0n) is 11.6. The number of fused-ring (bicyclic) bond motifs is 1. The zero-order valence-corrected chi connectivity index (χ0v) is 11.6. The molecule has 1 fully saturated rings. The molecule has 2 aliphatic rings. The molecule has 102 valence electrons. The molecule has 1 aromatic carbocycles. The molecule has 1 aromatic rings. The number of rotatable bonds is 0. The number of amides is 2. The molecule has 3 heteroatoms. The van der Waals surface area contributed by atoms with Crippen molar-refractivity contribution in [2.75, 3.05) is 19.6 Å². The van der Waals surface area contributed by atoms with E-state index in [1.165, 1.54) is 17.5 Å². The van der Waals surface area contributed by atoms with E-state index in [9.17, 15) is 4.79 Å². The van der Waals surface area contributed by atoms with Gasteiger partial charge < -0.3 is 9.80 Å². The van der Waals surface area contributed by atoms with Crippen molar-refractivity contribution in [1.29, 1.82) is 0 Å². The van der Waals surface area contributed by atoms with Crippen LogP contribution in [0.15, 0.2) is 24.3 Å². The normalized spacial score (nSPS) is 23.1. The minimum Gasteiger partial charge on any atom is -0.324 e. The number of hydrogen-bond acceptors (Lipinski definition) is 1. The van der Waals surface area contributed by atoms with Crippen LogP contribution in [0.2, 0.25) is 0 Å². The number of likely N-dealkylation sites (tertiary alicyclic amines) is 1. The molecule has 2 aliphatic heterocycles. The number of carbonyl (C=O) groups excluding carboxylic acids is 1. The maximum absolute atomic E-state index is 12.6. The average Bonchev–Trinajstić information content (AvgIpc) is 2.46. The lowest BCUT2D eigenvalue weighted by Gasteiger charge is -2.37. The Balaban J connectivity index is 1.69. The topological polar surface area (TPSA) is 23.6 Å². The summed E-state index contributed by atoms with van der Waals surface area (Å²) in [5.41, 5.74) is 2.71. The highest BCUT2D eigenvalue weighted by Gasteiger charge is 2.27. The van der Waals surface area contributed by atoms with Crippen molar-refractivity contribution in [3.05, 3.63) is 35.4 Å². The second kappa shape index (κ2) is 5.24. The number of hydrogen-bond donors (Lipinski definition) is 0. The monoisotopic (exact) mass is 258 g/mol. The van der Waals surface area contributed by atoms with Gasteiger partial charge in [0.1, 0.15) is 0 Å². The van der Waals surface area contributed by atoms with Crippen LogP contribution in [0.25, 0.3) is 0 Å². The third-order valence-corrected chi connectivity index (χ3v) is 4.33. The molecular weight excluding hydrogens is 236 g/mol. The molecule has 1 atom stereocenters. The molecule has 0 N–H and O–H groups in total. The van der Waals surface area contributed by atoms with Crippen LogP contribution in [-0.4, -0.2) is 35.5 Å². The maximum Gasteiger partial charge on any atom is 0.320 e. The van der Waals surface area contributed by atoms with Crippen molar-refractivity contribution in [2.45, 2.75) is 32.7 Å². The first kappa shape index (κ1) is 12.5. The summed E-state index contributed by atoms with van der Waals surface area (Å²) in [5, 5.41) is 0. The van der Waals surface area contributed by atoms with Gasteiger partial charge in [0.15, 0.2) is 0 Å². The molecule has 2 heterocycles. The van der Waals surface area contributed by atoms with Gasteiger partial charge in [0.25, 0.3) is 0 Å². The summed E-state index contributed by atoms with van der Waals surface area (Å²) in [4.78, 5) is 16.6. The van der Waals surface area contributed by atoms with Crippen LogP contribution < -0.4 is 0 Å². The lowest BCUT2D eigenvalue weighted by Crippen LogP contribution is -2.48. The molecule has 1 saturated heterocycles. The Hall–Kier alpha value is -1.51. The molecule has 1 unspecified atom stereocenters. The largest absolute Gasteiger partial charge is 0.324 e. The smallest absolute Gasteiger partial charge is 0.320 e. The van der Waals surface area contributed by atoms with E-state index >= 15 is 0 Å². The Bertz CT molecular complexity index is 472. The molecule has 2 amide bonds. The highest BCUT2D eigenvalue weighted by Crippen LogP contribution is 2.22. The van der Waals surface area contributed by atoms with Crippen LogP contribution in [0.3, 0.4) is 0 Å². The van der Waals surface area contributed by atoms with Crippen molar-refractivity contribution in [3.63, 3.8) is 0 Å². The van der Waals surface area contributed by atoms with Crippen molar-refractivity contribution < 1.29 is 4.79 Å². The highest BCUT2D eigenvalue weighted by atomic mass is 16.2. The van der Waals surface area contributed by atoms with Gasteiger partial charge in [-0.3, -0.25) is 0 Å². The average molecular weight is 258 g/mol. The van der Waals surface area contributed by atoms with E-state index in [2.05, 4.69) is 31.2 Å². The Morgan fingerprint density at radius 3 is 2.74 bits per heavy atom. The van der Waals surface area contributed by atoms with E-state index < -0.39 is 0 Å². The minimum atomic E-state index is 0.237. The first-order valence-electron chi connectivity index (χ1n) is 7.34. The molecule has 0 saturated carbocycles. The van der Waals surface area contributed by atoms with E-state index in [1.807, 2.05) is 9.80 Å².